The summed E-state index contributed by atoms with van der Waals surface area (Å²) in [7, 11) is -2.08. The quantitative estimate of drug-likeness (QED) is 0.704. The van der Waals surface area contributed by atoms with Crippen LogP contribution in [-0.4, -0.2) is 32.6 Å². The molecule has 1 saturated carbocycles. The Balaban J connectivity index is 2.07. The van der Waals surface area contributed by atoms with Gasteiger partial charge in [0, 0.05) is 11.7 Å². The van der Waals surface area contributed by atoms with Gasteiger partial charge >= 0.3 is 5.97 Å². The molecule has 1 aromatic rings. The van der Waals surface area contributed by atoms with Gasteiger partial charge in [-0.05, 0) is 50.1 Å². The standard InChI is InChI=1S/C13H18N2O4S/c1-14-20(18,19)11-6-4-10(5-7-11)15-12(8-13(16)17)9-2-3-9/h4-7,9,12,14-15H,2-3,8H2,1H3,(H,16,17). The summed E-state index contributed by atoms with van der Waals surface area (Å²) in [6.45, 7) is 0. The van der Waals surface area contributed by atoms with Crippen LogP contribution in [0, 0.1) is 5.92 Å². The highest BCUT2D eigenvalue weighted by Gasteiger charge is 2.32. The Bertz CT molecular complexity index is 579. The number of carbonyl (C=O) groups is 1. The maximum absolute atomic E-state index is 11.6. The van der Waals surface area contributed by atoms with Gasteiger partial charge < -0.3 is 10.4 Å². The zero-order valence-corrected chi connectivity index (χ0v) is 12.0. The lowest BCUT2D eigenvalue weighted by Gasteiger charge is -2.17. The van der Waals surface area contributed by atoms with Gasteiger partial charge in [-0.3, -0.25) is 4.79 Å². The molecule has 20 heavy (non-hydrogen) atoms. The summed E-state index contributed by atoms with van der Waals surface area (Å²) in [4.78, 5) is 11.0. The van der Waals surface area contributed by atoms with Crippen LogP contribution in [0.2, 0.25) is 0 Å². The van der Waals surface area contributed by atoms with E-state index >= 15 is 0 Å². The third-order valence-corrected chi connectivity index (χ3v) is 4.80. The smallest absolute Gasteiger partial charge is 0.305 e. The molecule has 3 N–H and O–H groups in total. The molecule has 2 rings (SSSR count). The van der Waals surface area contributed by atoms with Gasteiger partial charge in [0.1, 0.15) is 0 Å². The number of aliphatic carboxylic acids is 1. The molecule has 0 aliphatic heterocycles. The topological polar surface area (TPSA) is 95.5 Å². The minimum Gasteiger partial charge on any atom is -0.481 e. The number of hydrogen-bond acceptors (Lipinski definition) is 4. The number of hydrogen-bond donors (Lipinski definition) is 3. The first-order chi connectivity index (χ1) is 9.42. The minimum atomic E-state index is -3.44. The van der Waals surface area contributed by atoms with E-state index in [4.69, 9.17) is 5.11 Å². The normalized spacial score (nSPS) is 16.6. The predicted molar refractivity (Wildman–Crippen MR) is 75.1 cm³/mol. The van der Waals surface area contributed by atoms with Gasteiger partial charge in [0.15, 0.2) is 0 Å². The molecule has 6 nitrogen and oxygen atoms in total. The second-order valence-corrected chi connectivity index (χ2v) is 6.80. The SMILES string of the molecule is CNS(=O)(=O)c1ccc(NC(CC(=O)O)C2CC2)cc1. The number of benzene rings is 1. The van der Waals surface area contributed by atoms with E-state index in [1.807, 2.05) is 0 Å². The Labute approximate surface area is 118 Å². The van der Waals surface area contributed by atoms with E-state index in [-0.39, 0.29) is 17.4 Å². The summed E-state index contributed by atoms with van der Waals surface area (Å²) in [5.41, 5.74) is 0.734. The molecule has 110 valence electrons. The molecule has 1 aliphatic rings. The third kappa shape index (κ3) is 3.71. The van der Waals surface area contributed by atoms with Crippen LogP contribution in [0.15, 0.2) is 29.2 Å². The molecular formula is C13H18N2O4S. The van der Waals surface area contributed by atoms with Crippen molar-refractivity contribution in [2.75, 3.05) is 12.4 Å². The summed E-state index contributed by atoms with van der Waals surface area (Å²) in [6, 6.07) is 6.21. The van der Waals surface area contributed by atoms with Crippen LogP contribution in [0.25, 0.3) is 0 Å². The van der Waals surface area contributed by atoms with Gasteiger partial charge in [-0.15, -0.1) is 0 Å². The fourth-order valence-electron chi connectivity index (χ4n) is 2.08. The van der Waals surface area contributed by atoms with Crippen LogP contribution >= 0.6 is 0 Å². The van der Waals surface area contributed by atoms with Gasteiger partial charge in [0.25, 0.3) is 0 Å². The van der Waals surface area contributed by atoms with Crippen molar-refractivity contribution in [1.29, 1.82) is 0 Å². The van der Waals surface area contributed by atoms with Crippen molar-refractivity contribution in [1.82, 2.24) is 4.72 Å². The molecule has 0 radical (unpaired) electrons. The Morgan fingerprint density at radius 2 is 1.95 bits per heavy atom. The molecule has 7 heteroatoms. The van der Waals surface area contributed by atoms with Crippen LogP contribution in [0.3, 0.4) is 0 Å². The molecule has 1 aromatic carbocycles. The highest BCUT2D eigenvalue weighted by molar-refractivity contribution is 7.89. The first kappa shape index (κ1) is 14.8. The van der Waals surface area contributed by atoms with E-state index in [0.717, 1.165) is 18.5 Å². The second kappa shape index (κ2) is 5.80. The van der Waals surface area contributed by atoms with E-state index in [9.17, 15) is 13.2 Å². The summed E-state index contributed by atoms with van der Waals surface area (Å²) in [5, 5.41) is 12.1. The van der Waals surface area contributed by atoms with Gasteiger partial charge in [-0.25, -0.2) is 13.1 Å². The lowest BCUT2D eigenvalue weighted by Crippen LogP contribution is -2.25. The minimum absolute atomic E-state index is 0.0707. The van der Waals surface area contributed by atoms with Crippen molar-refractivity contribution in [3.05, 3.63) is 24.3 Å². The van der Waals surface area contributed by atoms with Crippen LogP contribution < -0.4 is 10.0 Å². The van der Waals surface area contributed by atoms with Crippen LogP contribution in [0.4, 0.5) is 5.69 Å². The summed E-state index contributed by atoms with van der Waals surface area (Å²) < 4.78 is 25.4. The molecule has 0 spiro atoms. The van der Waals surface area contributed by atoms with Crippen molar-refractivity contribution in [3.63, 3.8) is 0 Å². The molecule has 1 aliphatic carbocycles. The third-order valence-electron chi connectivity index (χ3n) is 3.37. The number of carboxylic acid groups (broad SMARTS) is 1. The van der Waals surface area contributed by atoms with Gasteiger partial charge in [0.05, 0.1) is 11.3 Å². The van der Waals surface area contributed by atoms with E-state index in [0.29, 0.717) is 5.92 Å². The summed E-state index contributed by atoms with van der Waals surface area (Å²) >= 11 is 0. The largest absolute Gasteiger partial charge is 0.481 e. The van der Waals surface area contributed by atoms with E-state index in [2.05, 4.69) is 10.0 Å². The number of anilines is 1. The molecule has 0 aromatic heterocycles. The fraction of sp³-hybridized carbons (Fsp3) is 0.462. The Kier molecular flexibility index (Phi) is 4.29. The van der Waals surface area contributed by atoms with Gasteiger partial charge in [0.2, 0.25) is 10.0 Å². The van der Waals surface area contributed by atoms with Crippen LogP contribution in [0.5, 0.6) is 0 Å². The summed E-state index contributed by atoms with van der Waals surface area (Å²) in [6.07, 6.45) is 2.15. The van der Waals surface area contributed by atoms with Crippen LogP contribution in [0.1, 0.15) is 19.3 Å². The zero-order valence-electron chi connectivity index (χ0n) is 11.2. The number of nitrogens with one attached hydrogen (secondary N) is 2. The van der Waals surface area contributed by atoms with Crippen LogP contribution in [-0.2, 0) is 14.8 Å². The monoisotopic (exact) mass is 298 g/mol. The van der Waals surface area contributed by atoms with E-state index in [1.54, 1.807) is 12.1 Å². The van der Waals surface area contributed by atoms with Gasteiger partial charge in [-0.1, -0.05) is 0 Å². The van der Waals surface area contributed by atoms with Crippen molar-refractivity contribution < 1.29 is 18.3 Å². The van der Waals surface area contributed by atoms with Crippen molar-refractivity contribution in [2.24, 2.45) is 5.92 Å². The lowest BCUT2D eigenvalue weighted by molar-refractivity contribution is -0.137. The average molecular weight is 298 g/mol. The number of rotatable bonds is 7. The molecule has 1 fully saturated rings. The fourth-order valence-corrected chi connectivity index (χ4v) is 2.81. The van der Waals surface area contributed by atoms with E-state index in [1.165, 1.54) is 19.2 Å². The maximum atomic E-state index is 11.6. The molecule has 1 atom stereocenters. The molecular weight excluding hydrogens is 280 g/mol. The Morgan fingerprint density at radius 3 is 2.40 bits per heavy atom. The average Bonchev–Trinajstić information content (AvgIpc) is 3.22. The zero-order chi connectivity index (χ0) is 14.8. The first-order valence-corrected chi connectivity index (χ1v) is 7.92. The van der Waals surface area contributed by atoms with Crippen molar-refractivity contribution in [2.45, 2.75) is 30.2 Å². The molecule has 0 heterocycles. The van der Waals surface area contributed by atoms with Gasteiger partial charge in [-0.2, -0.15) is 0 Å². The molecule has 0 saturated heterocycles. The highest BCUT2D eigenvalue weighted by Crippen LogP contribution is 2.35. The Morgan fingerprint density at radius 1 is 1.35 bits per heavy atom. The van der Waals surface area contributed by atoms with Crippen molar-refractivity contribution in [3.8, 4) is 0 Å². The predicted octanol–water partition coefficient (Wildman–Crippen LogP) is 1.26. The van der Waals surface area contributed by atoms with E-state index < -0.39 is 16.0 Å². The lowest BCUT2D eigenvalue weighted by atomic mass is 10.1. The molecule has 0 amide bonds. The summed E-state index contributed by atoms with van der Waals surface area (Å²) in [5.74, 6) is -0.435. The first-order valence-electron chi connectivity index (χ1n) is 6.44. The van der Waals surface area contributed by atoms with Crippen molar-refractivity contribution >= 4 is 21.7 Å². The molecule has 0 bridgehead atoms. The number of sulfonamides is 1. The number of carboxylic acids is 1. The molecule has 1 unspecified atom stereocenters. The second-order valence-electron chi connectivity index (χ2n) is 4.92. The Hall–Kier alpha value is -1.60. The highest BCUT2D eigenvalue weighted by atomic mass is 32.2. The maximum Gasteiger partial charge on any atom is 0.305 e.